The van der Waals surface area contributed by atoms with Crippen LogP contribution in [0.2, 0.25) is 19.6 Å². The topological polar surface area (TPSA) is 20.2 Å². The maximum atomic E-state index is 10.7. The summed E-state index contributed by atoms with van der Waals surface area (Å²) in [4.78, 5) is 0. The Bertz CT molecular complexity index is 175. The zero-order valence-corrected chi connectivity index (χ0v) is 9.43. The standard InChI is InChI=1S/C10H20OSi/c1-12(2,3)10(11,8-4-5-8)9-6-7-9/h8-9,11H,4-7H2,1-3H3. The van der Waals surface area contributed by atoms with Gasteiger partial charge in [-0.25, -0.2) is 0 Å². The summed E-state index contributed by atoms with van der Waals surface area (Å²) >= 11 is 0. The van der Waals surface area contributed by atoms with Gasteiger partial charge in [-0.3, -0.25) is 0 Å². The third-order valence-electron chi connectivity index (χ3n) is 3.60. The third-order valence-corrected chi connectivity index (χ3v) is 6.82. The maximum Gasteiger partial charge on any atom is 0.0827 e. The van der Waals surface area contributed by atoms with E-state index >= 15 is 0 Å². The SMILES string of the molecule is C[Si](C)(C)C(O)(C1CC1)C1CC1. The molecule has 0 atom stereocenters. The molecule has 2 heteroatoms. The van der Waals surface area contributed by atoms with E-state index in [0.717, 1.165) is 0 Å². The number of aliphatic hydroxyl groups is 1. The van der Waals surface area contributed by atoms with E-state index in [1.54, 1.807) is 0 Å². The molecule has 0 unspecified atom stereocenters. The summed E-state index contributed by atoms with van der Waals surface area (Å²) in [5.41, 5.74) is 0. The predicted molar refractivity (Wildman–Crippen MR) is 53.7 cm³/mol. The van der Waals surface area contributed by atoms with Crippen LogP contribution in [0.1, 0.15) is 25.7 Å². The minimum absolute atomic E-state index is 0.201. The summed E-state index contributed by atoms with van der Waals surface area (Å²) < 4.78 is 0. The predicted octanol–water partition coefficient (Wildman–Crippen LogP) is 2.41. The molecule has 2 saturated carbocycles. The first-order chi connectivity index (χ1) is 5.46. The average molecular weight is 184 g/mol. The fourth-order valence-electron chi connectivity index (χ4n) is 2.60. The Labute approximate surface area is 76.2 Å². The Hall–Kier alpha value is 0.177. The van der Waals surface area contributed by atoms with Gasteiger partial charge >= 0.3 is 0 Å². The quantitative estimate of drug-likeness (QED) is 0.668. The molecule has 0 aromatic carbocycles. The van der Waals surface area contributed by atoms with Crippen molar-refractivity contribution in [1.29, 1.82) is 0 Å². The number of rotatable bonds is 3. The monoisotopic (exact) mass is 184 g/mol. The van der Waals surface area contributed by atoms with Gasteiger partial charge in [0.25, 0.3) is 0 Å². The molecular formula is C10H20OSi. The summed E-state index contributed by atoms with van der Waals surface area (Å²) in [6.07, 6.45) is 5.16. The van der Waals surface area contributed by atoms with E-state index in [9.17, 15) is 5.11 Å². The van der Waals surface area contributed by atoms with Gasteiger partial charge in [-0.15, -0.1) is 0 Å². The molecule has 0 bridgehead atoms. The highest BCUT2D eigenvalue weighted by Gasteiger charge is 2.59. The minimum atomic E-state index is -1.36. The van der Waals surface area contributed by atoms with Crippen molar-refractivity contribution < 1.29 is 5.11 Å². The van der Waals surface area contributed by atoms with Crippen LogP contribution in [0.3, 0.4) is 0 Å². The van der Waals surface area contributed by atoms with Crippen molar-refractivity contribution >= 4 is 8.07 Å². The van der Waals surface area contributed by atoms with Gasteiger partial charge in [-0.2, -0.15) is 0 Å². The Balaban J connectivity index is 2.20. The average Bonchev–Trinajstić information content (AvgIpc) is 2.79. The van der Waals surface area contributed by atoms with Crippen LogP contribution in [0.25, 0.3) is 0 Å². The van der Waals surface area contributed by atoms with E-state index < -0.39 is 8.07 Å². The second-order valence-corrected chi connectivity index (χ2v) is 10.9. The number of hydrogen-bond acceptors (Lipinski definition) is 1. The lowest BCUT2D eigenvalue weighted by molar-refractivity contribution is 0.0683. The molecule has 0 aliphatic heterocycles. The normalized spacial score (nSPS) is 26.0. The van der Waals surface area contributed by atoms with Gasteiger partial charge in [-0.05, 0) is 37.5 Å². The van der Waals surface area contributed by atoms with Crippen molar-refractivity contribution in [1.82, 2.24) is 0 Å². The van der Waals surface area contributed by atoms with Gasteiger partial charge in [0.1, 0.15) is 0 Å². The summed E-state index contributed by atoms with van der Waals surface area (Å²) in [6.45, 7) is 6.97. The molecule has 0 radical (unpaired) electrons. The Morgan fingerprint density at radius 1 is 1.00 bits per heavy atom. The van der Waals surface area contributed by atoms with Crippen molar-refractivity contribution in [3.8, 4) is 0 Å². The molecule has 0 heterocycles. The molecule has 1 N–H and O–H groups in total. The van der Waals surface area contributed by atoms with E-state index in [-0.39, 0.29) is 5.22 Å². The molecule has 0 spiro atoms. The second-order valence-electron chi connectivity index (χ2n) is 5.62. The molecular weight excluding hydrogens is 164 g/mol. The van der Waals surface area contributed by atoms with Crippen LogP contribution < -0.4 is 0 Å². The Morgan fingerprint density at radius 3 is 1.50 bits per heavy atom. The fourth-order valence-corrected chi connectivity index (χ4v) is 5.63. The van der Waals surface area contributed by atoms with Gasteiger partial charge in [0.15, 0.2) is 0 Å². The summed E-state index contributed by atoms with van der Waals surface area (Å²) in [6, 6.07) is 0. The first-order valence-corrected chi connectivity index (χ1v) is 8.68. The van der Waals surface area contributed by atoms with E-state index in [1.165, 1.54) is 25.7 Å². The van der Waals surface area contributed by atoms with Crippen LogP contribution in [0.15, 0.2) is 0 Å². The largest absolute Gasteiger partial charge is 0.393 e. The van der Waals surface area contributed by atoms with Crippen molar-refractivity contribution in [2.45, 2.75) is 50.5 Å². The fraction of sp³-hybridized carbons (Fsp3) is 1.00. The van der Waals surface area contributed by atoms with Gasteiger partial charge < -0.3 is 5.11 Å². The highest BCUT2D eigenvalue weighted by atomic mass is 28.3. The molecule has 0 amide bonds. The van der Waals surface area contributed by atoms with Crippen LogP contribution in [-0.2, 0) is 0 Å². The summed E-state index contributed by atoms with van der Waals surface area (Å²) in [7, 11) is -1.36. The highest BCUT2D eigenvalue weighted by Crippen LogP contribution is 2.55. The maximum absolute atomic E-state index is 10.7. The first-order valence-electron chi connectivity index (χ1n) is 5.18. The molecule has 0 aromatic heterocycles. The summed E-state index contributed by atoms with van der Waals surface area (Å²) in [5.74, 6) is 1.35. The van der Waals surface area contributed by atoms with Gasteiger partial charge in [0, 0.05) is 0 Å². The smallest absolute Gasteiger partial charge is 0.0827 e. The molecule has 2 aliphatic rings. The van der Waals surface area contributed by atoms with Crippen LogP contribution in [0, 0.1) is 11.8 Å². The van der Waals surface area contributed by atoms with Gasteiger partial charge in [-0.1, -0.05) is 19.6 Å². The van der Waals surface area contributed by atoms with Gasteiger partial charge in [0.05, 0.1) is 13.3 Å². The number of hydrogen-bond donors (Lipinski definition) is 1. The van der Waals surface area contributed by atoms with Crippen LogP contribution >= 0.6 is 0 Å². The van der Waals surface area contributed by atoms with E-state index in [2.05, 4.69) is 19.6 Å². The van der Waals surface area contributed by atoms with Crippen molar-refractivity contribution in [3.05, 3.63) is 0 Å². The van der Waals surface area contributed by atoms with E-state index in [0.29, 0.717) is 11.8 Å². The lowest BCUT2D eigenvalue weighted by atomic mass is 10.1. The van der Waals surface area contributed by atoms with Crippen LogP contribution in [0.5, 0.6) is 0 Å². The van der Waals surface area contributed by atoms with Crippen molar-refractivity contribution in [2.75, 3.05) is 0 Å². The van der Waals surface area contributed by atoms with Crippen molar-refractivity contribution in [3.63, 3.8) is 0 Å². The molecule has 70 valence electrons. The lowest BCUT2D eigenvalue weighted by Crippen LogP contribution is -2.55. The molecule has 1 nitrogen and oxygen atoms in total. The molecule has 0 aromatic rings. The lowest BCUT2D eigenvalue weighted by Gasteiger charge is -2.40. The molecule has 0 saturated heterocycles. The molecule has 2 aliphatic carbocycles. The Kier molecular flexibility index (Phi) is 1.72. The second kappa shape index (κ2) is 2.35. The van der Waals surface area contributed by atoms with Crippen molar-refractivity contribution in [2.24, 2.45) is 11.8 Å². The molecule has 2 rings (SSSR count). The zero-order valence-electron chi connectivity index (χ0n) is 8.43. The van der Waals surface area contributed by atoms with E-state index in [4.69, 9.17) is 0 Å². The zero-order chi connectivity index (χ0) is 8.98. The molecule has 2 fully saturated rings. The summed E-state index contributed by atoms with van der Waals surface area (Å²) in [5, 5.41) is 10.5. The highest BCUT2D eigenvalue weighted by molar-refractivity contribution is 6.79. The first kappa shape index (κ1) is 8.76. The third kappa shape index (κ3) is 1.16. The van der Waals surface area contributed by atoms with E-state index in [1.807, 2.05) is 0 Å². The van der Waals surface area contributed by atoms with Crippen LogP contribution in [-0.4, -0.2) is 18.4 Å². The Morgan fingerprint density at radius 2 is 1.33 bits per heavy atom. The minimum Gasteiger partial charge on any atom is -0.393 e. The molecule has 12 heavy (non-hydrogen) atoms. The van der Waals surface area contributed by atoms with Gasteiger partial charge in [0.2, 0.25) is 0 Å². The van der Waals surface area contributed by atoms with Crippen LogP contribution in [0.4, 0.5) is 0 Å².